The van der Waals surface area contributed by atoms with Crippen LogP contribution in [0.4, 0.5) is 10.1 Å². The Kier molecular flexibility index (Phi) is 5.08. The minimum Gasteiger partial charge on any atom is -0.389 e. The molecule has 108 valence electrons. The zero-order valence-electron chi connectivity index (χ0n) is 10.5. The highest BCUT2D eigenvalue weighted by atomic mass is 79.9. The molecule has 0 unspecified atom stereocenters. The summed E-state index contributed by atoms with van der Waals surface area (Å²) >= 11 is 11.3. The molecule has 0 spiro atoms. The van der Waals surface area contributed by atoms with Crippen LogP contribution in [0.1, 0.15) is 15.9 Å². The van der Waals surface area contributed by atoms with Crippen LogP contribution in [0.5, 0.6) is 0 Å². The van der Waals surface area contributed by atoms with E-state index in [1.54, 1.807) is 18.2 Å². The molecule has 0 saturated heterocycles. The van der Waals surface area contributed by atoms with Crippen LogP contribution in [0.3, 0.4) is 0 Å². The fourth-order valence-electron chi connectivity index (χ4n) is 1.70. The lowest BCUT2D eigenvalue weighted by Crippen LogP contribution is -2.18. The first kappa shape index (κ1) is 16.1. The molecule has 0 aliphatic rings. The zero-order valence-corrected chi connectivity index (χ0v) is 14.5. The van der Waals surface area contributed by atoms with Crippen molar-refractivity contribution in [3.8, 4) is 0 Å². The average molecular weight is 432 g/mol. The summed E-state index contributed by atoms with van der Waals surface area (Å²) < 4.78 is 14.4. The van der Waals surface area contributed by atoms with Gasteiger partial charge in [-0.1, -0.05) is 34.2 Å². The maximum Gasteiger partial charge on any atom is 0.256 e. The van der Waals surface area contributed by atoms with Gasteiger partial charge in [-0.15, -0.1) is 0 Å². The van der Waals surface area contributed by atoms with Crippen LogP contribution in [0.15, 0.2) is 45.3 Å². The molecule has 0 fully saturated rings. The van der Waals surface area contributed by atoms with E-state index in [1.165, 1.54) is 18.2 Å². The number of carbonyl (C=O) groups is 1. The topological polar surface area (TPSA) is 55.1 Å². The van der Waals surface area contributed by atoms with Gasteiger partial charge >= 0.3 is 0 Å². The summed E-state index contributed by atoms with van der Waals surface area (Å²) in [5, 5.41) is 2.68. The lowest BCUT2D eigenvalue weighted by atomic mass is 10.1. The molecular weight excluding hydrogens is 423 g/mol. The zero-order chi connectivity index (χ0) is 15.6. The second-order valence-corrected chi connectivity index (χ2v) is 6.26. The van der Waals surface area contributed by atoms with E-state index in [4.69, 9.17) is 18.0 Å². The summed E-state index contributed by atoms with van der Waals surface area (Å²) in [5.41, 5.74) is 6.82. The lowest BCUT2D eigenvalue weighted by molar-refractivity contribution is 0.102. The van der Waals surface area contributed by atoms with Crippen LogP contribution in [0.25, 0.3) is 0 Å². The van der Waals surface area contributed by atoms with Gasteiger partial charge in [0.1, 0.15) is 10.8 Å². The van der Waals surface area contributed by atoms with Gasteiger partial charge in [0.15, 0.2) is 0 Å². The number of carbonyl (C=O) groups excluding carboxylic acids is 1. The average Bonchev–Trinajstić information content (AvgIpc) is 2.43. The van der Waals surface area contributed by atoms with E-state index in [1.807, 2.05) is 0 Å². The van der Waals surface area contributed by atoms with E-state index in [2.05, 4.69) is 37.2 Å². The molecule has 2 aromatic rings. The molecule has 7 heteroatoms. The van der Waals surface area contributed by atoms with Gasteiger partial charge < -0.3 is 11.1 Å². The minimum atomic E-state index is -0.506. The van der Waals surface area contributed by atoms with Gasteiger partial charge in [0.05, 0.1) is 15.7 Å². The molecular formula is C14H9Br2FN2OS. The molecule has 0 saturated carbocycles. The standard InChI is InChI=1S/C14H9Br2FN2OS/c15-7-4-5-11(9(6-7)13(18)21)19-14(20)8-2-1-3-10(17)12(8)16/h1-6H,(H2,18,21)(H,19,20). The van der Waals surface area contributed by atoms with Gasteiger partial charge in [-0.05, 0) is 46.3 Å². The minimum absolute atomic E-state index is 0.108. The molecule has 0 aromatic heterocycles. The third-order valence-electron chi connectivity index (χ3n) is 2.69. The summed E-state index contributed by atoms with van der Waals surface area (Å²) in [4.78, 5) is 12.4. The Balaban J connectivity index is 2.36. The molecule has 1 amide bonds. The quantitative estimate of drug-likeness (QED) is 0.714. The number of nitrogens with one attached hydrogen (secondary N) is 1. The smallest absolute Gasteiger partial charge is 0.256 e. The molecule has 2 aromatic carbocycles. The van der Waals surface area contributed by atoms with Crippen LogP contribution < -0.4 is 11.1 Å². The highest BCUT2D eigenvalue weighted by molar-refractivity contribution is 9.10. The first-order chi connectivity index (χ1) is 9.90. The van der Waals surface area contributed by atoms with Crippen molar-refractivity contribution >= 4 is 60.7 Å². The van der Waals surface area contributed by atoms with Gasteiger partial charge in [0, 0.05) is 10.0 Å². The Morgan fingerprint density at radius 2 is 1.90 bits per heavy atom. The van der Waals surface area contributed by atoms with Gasteiger partial charge in [-0.3, -0.25) is 4.79 Å². The van der Waals surface area contributed by atoms with E-state index in [-0.39, 0.29) is 15.0 Å². The molecule has 2 rings (SSSR count). The van der Waals surface area contributed by atoms with Gasteiger partial charge in [-0.25, -0.2) is 4.39 Å². The predicted octanol–water partition coefficient (Wildman–Crippen LogP) is 4.24. The van der Waals surface area contributed by atoms with Crippen molar-refractivity contribution in [2.75, 3.05) is 5.32 Å². The number of amides is 1. The van der Waals surface area contributed by atoms with Crippen molar-refractivity contribution in [2.24, 2.45) is 5.73 Å². The van der Waals surface area contributed by atoms with Gasteiger partial charge in [0.2, 0.25) is 0 Å². The summed E-state index contributed by atoms with van der Waals surface area (Å²) in [6, 6.07) is 9.37. The largest absolute Gasteiger partial charge is 0.389 e. The second kappa shape index (κ2) is 6.64. The van der Waals surface area contributed by atoms with E-state index in [0.717, 1.165) is 4.47 Å². The second-order valence-electron chi connectivity index (χ2n) is 4.11. The normalized spacial score (nSPS) is 10.2. The van der Waals surface area contributed by atoms with Crippen molar-refractivity contribution in [3.63, 3.8) is 0 Å². The molecule has 3 N–H and O–H groups in total. The number of rotatable bonds is 3. The molecule has 0 aliphatic carbocycles. The molecule has 3 nitrogen and oxygen atoms in total. The summed E-state index contributed by atoms with van der Waals surface area (Å²) in [5.74, 6) is -0.964. The number of anilines is 1. The number of hydrogen-bond donors (Lipinski definition) is 2. The molecule has 0 aliphatic heterocycles. The van der Waals surface area contributed by atoms with Crippen molar-refractivity contribution in [1.82, 2.24) is 0 Å². The summed E-state index contributed by atoms with van der Waals surface area (Å²) in [6.07, 6.45) is 0. The number of halogens is 3. The maximum absolute atomic E-state index is 13.5. The molecule has 0 bridgehead atoms. The third-order valence-corrected chi connectivity index (χ3v) is 4.21. The number of thiocarbonyl (C=S) groups is 1. The van der Waals surface area contributed by atoms with E-state index in [9.17, 15) is 9.18 Å². The van der Waals surface area contributed by atoms with Crippen molar-refractivity contribution in [1.29, 1.82) is 0 Å². The Labute approximate surface area is 143 Å². The van der Waals surface area contributed by atoms with Crippen LogP contribution in [-0.2, 0) is 0 Å². The Morgan fingerprint density at radius 3 is 2.57 bits per heavy atom. The highest BCUT2D eigenvalue weighted by Crippen LogP contribution is 2.24. The molecule has 0 radical (unpaired) electrons. The van der Waals surface area contributed by atoms with E-state index in [0.29, 0.717) is 11.3 Å². The van der Waals surface area contributed by atoms with Gasteiger partial charge in [0.25, 0.3) is 5.91 Å². The fraction of sp³-hybridized carbons (Fsp3) is 0. The SMILES string of the molecule is NC(=S)c1cc(Br)ccc1NC(=O)c1cccc(F)c1Br. The maximum atomic E-state index is 13.5. The first-order valence-corrected chi connectivity index (χ1v) is 7.74. The molecule has 21 heavy (non-hydrogen) atoms. The van der Waals surface area contributed by atoms with Crippen molar-refractivity contribution in [3.05, 3.63) is 62.3 Å². The summed E-state index contributed by atoms with van der Waals surface area (Å²) in [6.45, 7) is 0. The Morgan fingerprint density at radius 1 is 1.19 bits per heavy atom. The predicted molar refractivity (Wildman–Crippen MR) is 92.1 cm³/mol. The van der Waals surface area contributed by atoms with Gasteiger partial charge in [-0.2, -0.15) is 0 Å². The fourth-order valence-corrected chi connectivity index (χ4v) is 2.67. The molecule has 0 heterocycles. The lowest BCUT2D eigenvalue weighted by Gasteiger charge is -2.11. The van der Waals surface area contributed by atoms with Crippen LogP contribution in [-0.4, -0.2) is 10.9 Å². The number of benzene rings is 2. The monoisotopic (exact) mass is 430 g/mol. The first-order valence-electron chi connectivity index (χ1n) is 5.75. The van der Waals surface area contributed by atoms with Crippen LogP contribution in [0.2, 0.25) is 0 Å². The Hall–Kier alpha value is -1.31. The van der Waals surface area contributed by atoms with Crippen molar-refractivity contribution < 1.29 is 9.18 Å². The Bertz CT molecular complexity index is 737. The number of nitrogens with two attached hydrogens (primary N) is 1. The van der Waals surface area contributed by atoms with E-state index < -0.39 is 11.7 Å². The summed E-state index contributed by atoms with van der Waals surface area (Å²) in [7, 11) is 0. The highest BCUT2D eigenvalue weighted by Gasteiger charge is 2.15. The van der Waals surface area contributed by atoms with E-state index >= 15 is 0 Å². The number of hydrogen-bond acceptors (Lipinski definition) is 2. The van der Waals surface area contributed by atoms with Crippen molar-refractivity contribution in [2.45, 2.75) is 0 Å². The van der Waals surface area contributed by atoms with Crippen LogP contribution in [0, 0.1) is 5.82 Å². The molecule has 0 atom stereocenters. The third kappa shape index (κ3) is 3.66. The van der Waals surface area contributed by atoms with Crippen LogP contribution >= 0.6 is 44.1 Å².